The average molecular weight is 1170 g/mol. The first kappa shape index (κ1) is 63.4. The highest BCUT2D eigenvalue weighted by Crippen LogP contribution is 2.27. The smallest absolute Gasteiger partial charge is 0.317 e. The number of nitrogen functional groups attached to an aromatic ring is 1. The molecule has 14 N–H and O–H groups in total. The normalized spacial score (nSPS) is 22.1. The van der Waals surface area contributed by atoms with Gasteiger partial charge in [-0.25, -0.2) is 0 Å². The van der Waals surface area contributed by atoms with Gasteiger partial charge in [-0.1, -0.05) is 35.8 Å². The Balaban J connectivity index is 1.21. The minimum atomic E-state index is -1.65. The van der Waals surface area contributed by atoms with E-state index in [0.29, 0.717) is 52.3 Å². The van der Waals surface area contributed by atoms with Crippen molar-refractivity contribution >= 4 is 29.6 Å². The molecule has 3 aromatic carbocycles. The van der Waals surface area contributed by atoms with Crippen molar-refractivity contribution in [3.63, 3.8) is 0 Å². The molecular weight excluding hydrogens is 1100 g/mol. The first-order chi connectivity index (χ1) is 40.1. The number of aliphatic hydroxyl groups excluding tert-OH is 8. The number of hydrogen-bond donors (Lipinski definition) is 13. The highest BCUT2D eigenvalue weighted by molar-refractivity contribution is 5.73. The predicted octanol–water partition coefficient (Wildman–Crippen LogP) is -1.60. The molecule has 446 valence electrons. The number of pyridine rings is 2. The van der Waals surface area contributed by atoms with Crippen LogP contribution >= 0.6 is 0 Å². The first-order valence-electron chi connectivity index (χ1n) is 26.2. The van der Waals surface area contributed by atoms with E-state index in [1.807, 2.05) is 17.0 Å². The number of ether oxygens (including phenoxy) is 4. The molecule has 2 fully saturated rings. The minimum Gasteiger partial charge on any atom is -0.480 e. The molecule has 10 atom stereocenters. The van der Waals surface area contributed by atoms with Crippen molar-refractivity contribution in [2.24, 2.45) is 0 Å². The standard InChI is InChI=1S/C58H64N6O20/c59-38-11-5-35(6-12-38)17-18-62(23-39-19-36(21-41(60-39)25-63(27-47(67)68)28-48(69)70)3-1-33-7-13-43(14-8-33)81-57-55(79)53(77)51(75)45(31-65)83-57)24-40-20-37(22-42(61-40)26-64(29-49(71)72)30-50(73)74)4-2-34-9-15-44(16-10-34)82-58-56(80)54(78)52(76)46(32-66)84-58/h5-16,19-22,45-46,51-58,65-66,75-80H,17-18,23-32,59H2,(H,67,68)(H,69,70)(H,71,72)(H,73,74)/t45?,46?,51-,52+,53?,54?,55?,56?,57-,58+. The Hall–Kier alpha value is -8.16. The monoisotopic (exact) mass is 1160 g/mol. The highest BCUT2D eigenvalue weighted by Gasteiger charge is 2.46. The predicted molar refractivity (Wildman–Crippen MR) is 292 cm³/mol. The third-order valence-electron chi connectivity index (χ3n) is 13.1. The molecule has 26 heteroatoms. The number of carbonyl (C=O) groups is 4. The van der Waals surface area contributed by atoms with E-state index in [4.69, 9.17) is 34.6 Å². The second-order valence-electron chi connectivity index (χ2n) is 19.9. The Morgan fingerprint density at radius 1 is 0.464 bits per heavy atom. The van der Waals surface area contributed by atoms with Crippen molar-refractivity contribution in [1.82, 2.24) is 24.7 Å². The lowest BCUT2D eigenvalue weighted by Crippen LogP contribution is -2.60. The lowest BCUT2D eigenvalue weighted by molar-refractivity contribution is -0.277. The number of carboxylic acid groups (broad SMARTS) is 4. The van der Waals surface area contributed by atoms with E-state index in [1.165, 1.54) is 34.1 Å². The van der Waals surface area contributed by atoms with Crippen molar-refractivity contribution in [2.45, 2.75) is 94.0 Å². The molecule has 6 unspecified atom stereocenters. The molecular formula is C58H64N6O20. The Morgan fingerprint density at radius 3 is 1.13 bits per heavy atom. The molecule has 2 aromatic heterocycles. The summed E-state index contributed by atoms with van der Waals surface area (Å²) in [6, 6.07) is 26.3. The van der Waals surface area contributed by atoms with Gasteiger partial charge < -0.3 is 86.0 Å². The van der Waals surface area contributed by atoms with Gasteiger partial charge in [0.15, 0.2) is 0 Å². The molecule has 5 aromatic rings. The molecule has 2 aliphatic rings. The van der Waals surface area contributed by atoms with Crippen molar-refractivity contribution < 1.29 is 99.4 Å². The van der Waals surface area contributed by atoms with Gasteiger partial charge in [-0.3, -0.25) is 43.8 Å². The molecule has 4 heterocycles. The van der Waals surface area contributed by atoms with Gasteiger partial charge in [-0.2, -0.15) is 0 Å². The molecule has 0 spiro atoms. The zero-order valence-electron chi connectivity index (χ0n) is 44.9. The largest absolute Gasteiger partial charge is 0.480 e. The second kappa shape index (κ2) is 29.9. The van der Waals surface area contributed by atoms with Gasteiger partial charge in [0.05, 0.1) is 62.2 Å². The van der Waals surface area contributed by atoms with Crippen molar-refractivity contribution in [2.75, 3.05) is 51.7 Å². The Labute approximate surface area is 480 Å². The summed E-state index contributed by atoms with van der Waals surface area (Å²) in [4.78, 5) is 61.6. The molecule has 2 saturated heterocycles. The molecule has 0 bridgehead atoms. The summed E-state index contributed by atoms with van der Waals surface area (Å²) in [6.45, 7) is -3.67. The van der Waals surface area contributed by atoms with E-state index >= 15 is 0 Å². The van der Waals surface area contributed by atoms with Crippen LogP contribution in [0.15, 0.2) is 97.1 Å². The third-order valence-corrected chi connectivity index (χ3v) is 13.1. The SMILES string of the molecule is Nc1ccc(CCN(Cc2cc(C#Cc3ccc(O[C@@H]4OC(CO)[C@@H](O)C(O)C4O)cc3)cc(CN(CC(=O)O)CC(=O)O)n2)Cc2cc(C#Cc3ccc(O[C@H]4OC(CO)[C@H](O)C(O)C4O)cc3)cc(CN(CC(=O)O)CC(=O)O)n2)cc1. The van der Waals surface area contributed by atoms with Gasteiger partial charge in [0.25, 0.3) is 0 Å². The second-order valence-corrected chi connectivity index (χ2v) is 19.9. The fraction of sp³-hybridized carbons (Fsp3) is 0.379. The van der Waals surface area contributed by atoms with Crippen LogP contribution in [0.5, 0.6) is 11.5 Å². The maximum atomic E-state index is 11.9. The first-order valence-corrected chi connectivity index (χ1v) is 26.2. The molecule has 84 heavy (non-hydrogen) atoms. The third kappa shape index (κ3) is 18.7. The van der Waals surface area contributed by atoms with Gasteiger partial charge in [-0.05, 0) is 96.9 Å². The lowest BCUT2D eigenvalue weighted by atomic mass is 9.99. The number of anilines is 1. The van der Waals surface area contributed by atoms with Gasteiger partial charge in [0, 0.05) is 60.7 Å². The van der Waals surface area contributed by atoms with E-state index in [1.54, 1.807) is 60.7 Å². The topological polar surface area (TPSA) is 409 Å². The van der Waals surface area contributed by atoms with Gasteiger partial charge in [0.1, 0.15) is 60.3 Å². The van der Waals surface area contributed by atoms with E-state index < -0.39 is 125 Å². The van der Waals surface area contributed by atoms with E-state index in [-0.39, 0.29) is 49.1 Å². The Bertz CT molecular complexity index is 2960. The maximum Gasteiger partial charge on any atom is 0.317 e. The van der Waals surface area contributed by atoms with E-state index in [0.717, 1.165) is 5.56 Å². The van der Waals surface area contributed by atoms with Gasteiger partial charge >= 0.3 is 23.9 Å². The number of aliphatic carboxylic acids is 4. The number of benzene rings is 3. The molecule has 0 amide bonds. The average Bonchev–Trinajstić information content (AvgIpc) is 3.32. The van der Waals surface area contributed by atoms with Crippen LogP contribution in [-0.4, -0.2) is 217 Å². The summed E-state index contributed by atoms with van der Waals surface area (Å²) in [5.74, 6) is 7.62. The quantitative estimate of drug-likeness (QED) is 0.0231. The summed E-state index contributed by atoms with van der Waals surface area (Å²) in [5, 5.41) is 120. The van der Waals surface area contributed by atoms with E-state index in [9.17, 15) is 80.5 Å². The fourth-order valence-electron chi connectivity index (χ4n) is 9.09. The van der Waals surface area contributed by atoms with Crippen LogP contribution in [0, 0.1) is 23.7 Å². The molecule has 26 nitrogen and oxygen atoms in total. The number of carboxylic acids is 4. The number of nitrogens with zero attached hydrogens (tertiary/aromatic N) is 5. The molecule has 7 rings (SSSR count). The number of aromatic nitrogens is 2. The molecule has 0 radical (unpaired) electrons. The van der Waals surface area contributed by atoms with Crippen molar-refractivity contribution in [3.8, 4) is 35.2 Å². The maximum absolute atomic E-state index is 11.9. The summed E-state index contributed by atoms with van der Waals surface area (Å²) in [7, 11) is 0. The van der Waals surface area contributed by atoms with Crippen LogP contribution in [0.4, 0.5) is 5.69 Å². The number of aliphatic hydroxyl groups is 8. The summed E-state index contributed by atoms with van der Waals surface area (Å²) in [6.07, 6.45) is -14.5. The zero-order valence-corrected chi connectivity index (χ0v) is 44.9. The lowest BCUT2D eigenvalue weighted by Gasteiger charge is -2.39. The summed E-state index contributed by atoms with van der Waals surface area (Å²) < 4.78 is 22.3. The van der Waals surface area contributed by atoms with Crippen molar-refractivity contribution in [1.29, 1.82) is 0 Å². The van der Waals surface area contributed by atoms with Crippen molar-refractivity contribution in [3.05, 3.63) is 148 Å². The Morgan fingerprint density at radius 2 is 0.798 bits per heavy atom. The van der Waals surface area contributed by atoms with Crippen LogP contribution in [0.1, 0.15) is 50.6 Å². The van der Waals surface area contributed by atoms with Crippen LogP contribution in [-0.2, 0) is 61.3 Å². The van der Waals surface area contributed by atoms with Crippen LogP contribution in [0.3, 0.4) is 0 Å². The number of rotatable bonds is 25. The fourth-order valence-corrected chi connectivity index (χ4v) is 9.09. The number of hydrogen-bond acceptors (Lipinski definition) is 22. The Kier molecular flexibility index (Phi) is 22.6. The molecule has 2 aliphatic heterocycles. The van der Waals surface area contributed by atoms with E-state index in [2.05, 4.69) is 23.7 Å². The zero-order chi connectivity index (χ0) is 60.6. The van der Waals surface area contributed by atoms with Crippen LogP contribution < -0.4 is 15.2 Å². The van der Waals surface area contributed by atoms with Crippen LogP contribution in [0.2, 0.25) is 0 Å². The summed E-state index contributed by atoms with van der Waals surface area (Å²) in [5.41, 5.74) is 10.6. The molecule has 0 aliphatic carbocycles. The summed E-state index contributed by atoms with van der Waals surface area (Å²) >= 11 is 0. The highest BCUT2D eigenvalue weighted by atomic mass is 16.7. The molecule has 0 saturated carbocycles. The minimum absolute atomic E-state index is 0.0912. The van der Waals surface area contributed by atoms with Crippen LogP contribution in [0.25, 0.3) is 0 Å². The van der Waals surface area contributed by atoms with Gasteiger partial charge in [0.2, 0.25) is 12.6 Å². The number of nitrogens with two attached hydrogens (primary N) is 1. The van der Waals surface area contributed by atoms with Gasteiger partial charge in [-0.15, -0.1) is 0 Å².